The Morgan fingerprint density at radius 2 is 2.15 bits per heavy atom. The van der Waals surface area contributed by atoms with Gasteiger partial charge in [0.25, 0.3) is 0 Å². The van der Waals surface area contributed by atoms with Crippen LogP contribution in [0.4, 0.5) is 0 Å². The number of allylic oxidation sites excluding steroid dienone is 1. The molecular weight excluding hydrogens is 164 g/mol. The zero-order valence-electron chi connectivity index (χ0n) is 8.88. The minimum Gasteiger partial charge on any atom is -0.463 e. The van der Waals surface area contributed by atoms with Gasteiger partial charge in [0, 0.05) is 6.08 Å². The number of esters is 1. The highest BCUT2D eigenvalue weighted by Crippen LogP contribution is 2.08. The Labute approximate surface area is 81.0 Å². The first-order valence-electron chi connectivity index (χ1n) is 5.05. The van der Waals surface area contributed by atoms with Gasteiger partial charge in [-0.1, -0.05) is 32.8 Å². The van der Waals surface area contributed by atoms with Gasteiger partial charge in [-0.05, 0) is 19.3 Å². The van der Waals surface area contributed by atoms with E-state index in [2.05, 4.69) is 13.8 Å². The highest BCUT2D eigenvalue weighted by atomic mass is 16.5. The summed E-state index contributed by atoms with van der Waals surface area (Å²) in [6.07, 6.45) is 7.02. The van der Waals surface area contributed by atoms with Crippen molar-refractivity contribution >= 4 is 5.97 Å². The SMILES string of the molecule is CCCC[C@@H](C)/C=C/C(=O)OCC. The van der Waals surface area contributed by atoms with Gasteiger partial charge in [-0.15, -0.1) is 0 Å². The molecule has 0 spiro atoms. The van der Waals surface area contributed by atoms with Gasteiger partial charge in [-0.2, -0.15) is 0 Å². The van der Waals surface area contributed by atoms with Crippen molar-refractivity contribution in [2.75, 3.05) is 6.61 Å². The molecule has 0 aromatic heterocycles. The van der Waals surface area contributed by atoms with E-state index in [9.17, 15) is 4.79 Å². The van der Waals surface area contributed by atoms with E-state index in [0.29, 0.717) is 12.5 Å². The minimum absolute atomic E-state index is 0.231. The Kier molecular flexibility index (Phi) is 7.36. The molecule has 0 aliphatic rings. The van der Waals surface area contributed by atoms with Crippen LogP contribution in [0.1, 0.15) is 40.0 Å². The van der Waals surface area contributed by atoms with E-state index in [1.807, 2.05) is 13.0 Å². The van der Waals surface area contributed by atoms with Crippen LogP contribution < -0.4 is 0 Å². The van der Waals surface area contributed by atoms with Crippen molar-refractivity contribution in [1.82, 2.24) is 0 Å². The van der Waals surface area contributed by atoms with Crippen molar-refractivity contribution in [3.63, 3.8) is 0 Å². The average Bonchev–Trinajstić information content (AvgIpc) is 2.12. The van der Waals surface area contributed by atoms with Gasteiger partial charge in [0.05, 0.1) is 6.61 Å². The standard InChI is InChI=1S/C11H20O2/c1-4-6-7-10(3)8-9-11(12)13-5-2/h8-10H,4-7H2,1-3H3/b9-8+/t10-/m1/s1. The Morgan fingerprint density at radius 3 is 2.69 bits per heavy atom. The Bertz CT molecular complexity index is 161. The van der Waals surface area contributed by atoms with Gasteiger partial charge < -0.3 is 4.74 Å². The second-order valence-electron chi connectivity index (χ2n) is 3.23. The third kappa shape index (κ3) is 7.57. The summed E-state index contributed by atoms with van der Waals surface area (Å²) in [6.45, 7) is 6.55. The summed E-state index contributed by atoms with van der Waals surface area (Å²) in [6, 6.07) is 0. The Balaban J connectivity index is 3.62. The fourth-order valence-electron chi connectivity index (χ4n) is 1.06. The second-order valence-corrected chi connectivity index (χ2v) is 3.23. The number of ether oxygens (including phenoxy) is 1. The van der Waals surface area contributed by atoms with Crippen molar-refractivity contribution in [2.24, 2.45) is 5.92 Å². The lowest BCUT2D eigenvalue weighted by Crippen LogP contribution is -2.00. The second kappa shape index (κ2) is 7.84. The molecular formula is C11H20O2. The maximum absolute atomic E-state index is 10.9. The fourth-order valence-corrected chi connectivity index (χ4v) is 1.06. The molecule has 0 saturated carbocycles. The number of hydrogen-bond donors (Lipinski definition) is 0. The number of hydrogen-bond acceptors (Lipinski definition) is 2. The van der Waals surface area contributed by atoms with Crippen LogP contribution in [0, 0.1) is 5.92 Å². The smallest absolute Gasteiger partial charge is 0.330 e. The van der Waals surface area contributed by atoms with Gasteiger partial charge in [-0.3, -0.25) is 0 Å². The van der Waals surface area contributed by atoms with Crippen LogP contribution >= 0.6 is 0 Å². The predicted octanol–water partition coefficient (Wildman–Crippen LogP) is 2.93. The van der Waals surface area contributed by atoms with Crippen LogP contribution in [-0.2, 0) is 9.53 Å². The molecule has 0 fully saturated rings. The first-order chi connectivity index (χ1) is 6.20. The van der Waals surface area contributed by atoms with E-state index < -0.39 is 0 Å². The summed E-state index contributed by atoms with van der Waals surface area (Å²) in [5, 5.41) is 0. The fraction of sp³-hybridized carbons (Fsp3) is 0.727. The molecule has 0 heterocycles. The van der Waals surface area contributed by atoms with Crippen molar-refractivity contribution in [1.29, 1.82) is 0 Å². The van der Waals surface area contributed by atoms with Crippen LogP contribution in [0.3, 0.4) is 0 Å². The van der Waals surface area contributed by atoms with Crippen LogP contribution in [0.2, 0.25) is 0 Å². The molecule has 0 aliphatic carbocycles. The molecule has 0 radical (unpaired) electrons. The molecule has 76 valence electrons. The highest BCUT2D eigenvalue weighted by molar-refractivity contribution is 5.81. The quantitative estimate of drug-likeness (QED) is 0.468. The average molecular weight is 184 g/mol. The molecule has 0 unspecified atom stereocenters. The van der Waals surface area contributed by atoms with Crippen LogP contribution in [0.15, 0.2) is 12.2 Å². The van der Waals surface area contributed by atoms with E-state index in [0.717, 1.165) is 6.42 Å². The third-order valence-electron chi connectivity index (χ3n) is 1.86. The predicted molar refractivity (Wildman–Crippen MR) is 54.5 cm³/mol. The molecule has 0 bridgehead atoms. The Morgan fingerprint density at radius 1 is 1.46 bits per heavy atom. The lowest BCUT2D eigenvalue weighted by Gasteiger charge is -2.03. The molecule has 0 aromatic carbocycles. The number of carbonyl (C=O) groups excluding carboxylic acids is 1. The van der Waals surface area contributed by atoms with Crippen molar-refractivity contribution in [3.8, 4) is 0 Å². The maximum Gasteiger partial charge on any atom is 0.330 e. The van der Waals surface area contributed by atoms with E-state index in [4.69, 9.17) is 4.74 Å². The van der Waals surface area contributed by atoms with Gasteiger partial charge in [-0.25, -0.2) is 4.79 Å². The molecule has 13 heavy (non-hydrogen) atoms. The van der Waals surface area contributed by atoms with E-state index in [1.54, 1.807) is 0 Å². The summed E-state index contributed by atoms with van der Waals surface area (Å²) >= 11 is 0. The molecule has 0 rings (SSSR count). The molecule has 0 N–H and O–H groups in total. The maximum atomic E-state index is 10.9. The first kappa shape index (κ1) is 12.2. The highest BCUT2D eigenvalue weighted by Gasteiger charge is 1.98. The number of unbranched alkanes of at least 4 members (excludes halogenated alkanes) is 1. The topological polar surface area (TPSA) is 26.3 Å². The van der Waals surface area contributed by atoms with Gasteiger partial charge in [0.1, 0.15) is 0 Å². The number of carbonyl (C=O) groups is 1. The first-order valence-corrected chi connectivity index (χ1v) is 5.05. The molecule has 0 amide bonds. The largest absolute Gasteiger partial charge is 0.463 e. The zero-order chi connectivity index (χ0) is 10.1. The van der Waals surface area contributed by atoms with E-state index >= 15 is 0 Å². The van der Waals surface area contributed by atoms with E-state index in [1.165, 1.54) is 18.9 Å². The van der Waals surface area contributed by atoms with Crippen molar-refractivity contribution < 1.29 is 9.53 Å². The summed E-state index contributed by atoms with van der Waals surface area (Å²) in [4.78, 5) is 10.9. The van der Waals surface area contributed by atoms with E-state index in [-0.39, 0.29) is 5.97 Å². The summed E-state index contributed by atoms with van der Waals surface area (Å²) < 4.78 is 4.77. The lowest BCUT2D eigenvalue weighted by molar-refractivity contribution is -0.137. The zero-order valence-corrected chi connectivity index (χ0v) is 8.88. The molecule has 0 saturated heterocycles. The molecule has 1 atom stereocenters. The normalized spacial score (nSPS) is 13.2. The van der Waals surface area contributed by atoms with Gasteiger partial charge in [0.2, 0.25) is 0 Å². The summed E-state index contributed by atoms with van der Waals surface area (Å²) in [5.74, 6) is 0.246. The molecule has 2 nitrogen and oxygen atoms in total. The molecule has 0 aromatic rings. The van der Waals surface area contributed by atoms with Crippen LogP contribution in [-0.4, -0.2) is 12.6 Å². The third-order valence-corrected chi connectivity index (χ3v) is 1.86. The van der Waals surface area contributed by atoms with Gasteiger partial charge in [0.15, 0.2) is 0 Å². The minimum atomic E-state index is -0.231. The summed E-state index contributed by atoms with van der Waals surface area (Å²) in [7, 11) is 0. The molecule has 0 aliphatic heterocycles. The number of rotatable bonds is 6. The molecule has 2 heteroatoms. The van der Waals surface area contributed by atoms with Crippen molar-refractivity contribution in [3.05, 3.63) is 12.2 Å². The van der Waals surface area contributed by atoms with Crippen LogP contribution in [0.25, 0.3) is 0 Å². The summed E-state index contributed by atoms with van der Waals surface area (Å²) in [5.41, 5.74) is 0. The Hall–Kier alpha value is -0.790. The van der Waals surface area contributed by atoms with Crippen LogP contribution in [0.5, 0.6) is 0 Å². The lowest BCUT2D eigenvalue weighted by atomic mass is 10.0. The van der Waals surface area contributed by atoms with Crippen molar-refractivity contribution in [2.45, 2.75) is 40.0 Å². The monoisotopic (exact) mass is 184 g/mol. The van der Waals surface area contributed by atoms with Gasteiger partial charge >= 0.3 is 5.97 Å².